The minimum Gasteiger partial charge on any atom is -0.507 e. The Morgan fingerprint density at radius 2 is 1.73 bits per heavy atom. The van der Waals surface area contributed by atoms with Crippen molar-refractivity contribution in [1.82, 2.24) is 4.98 Å². The molecule has 6 rings (SSSR count). The number of aromatic nitrogens is 1. The van der Waals surface area contributed by atoms with Crippen LogP contribution in [0.25, 0.3) is 26.7 Å². The van der Waals surface area contributed by atoms with E-state index < -0.39 is 17.7 Å². The average Bonchev–Trinajstić information content (AvgIpc) is 3.45. The molecule has 0 bridgehead atoms. The molecule has 0 aliphatic carbocycles. The van der Waals surface area contributed by atoms with Gasteiger partial charge < -0.3 is 9.84 Å². The Labute approximate surface area is 217 Å². The normalized spacial score (nSPS) is 17.1. The number of amides is 1. The number of benzene rings is 4. The Hall–Kier alpha value is -4.49. The van der Waals surface area contributed by atoms with Gasteiger partial charge in [0.1, 0.15) is 11.5 Å². The average molecular weight is 507 g/mol. The lowest BCUT2D eigenvalue weighted by Crippen LogP contribution is -2.29. The summed E-state index contributed by atoms with van der Waals surface area (Å²) in [6, 6.07) is 25.3. The molecule has 1 N–H and O–H groups in total. The highest BCUT2D eigenvalue weighted by atomic mass is 32.1. The summed E-state index contributed by atoms with van der Waals surface area (Å²) < 4.78 is 6.23. The lowest BCUT2D eigenvalue weighted by molar-refractivity contribution is -0.132. The van der Waals surface area contributed by atoms with Crippen molar-refractivity contribution in [3.8, 4) is 5.75 Å². The molecule has 1 atom stereocenters. The maximum atomic E-state index is 13.6. The molecule has 1 saturated heterocycles. The van der Waals surface area contributed by atoms with E-state index in [1.165, 1.54) is 16.2 Å². The molecule has 4 aromatic carbocycles. The standard InChI is InChI=1S/C30H22N2O4S/c1-17-10-15-23-24(16-17)37-30(31-23)32-26(19-11-13-20(36-2)14-12-19)25(28(34)29(32)35)27(33)22-9-5-7-18-6-3-4-8-21(18)22/h3-16,26,33H,1-2H3/b27-25+. The number of fused-ring (bicyclic) bond motifs is 2. The van der Waals surface area contributed by atoms with Crippen LogP contribution in [0.1, 0.15) is 22.7 Å². The number of hydrogen-bond donors (Lipinski definition) is 1. The summed E-state index contributed by atoms with van der Waals surface area (Å²) in [5, 5.41) is 13.7. The number of methoxy groups -OCH3 is 1. The van der Waals surface area contributed by atoms with Crippen LogP contribution in [0.5, 0.6) is 5.75 Å². The highest BCUT2D eigenvalue weighted by Gasteiger charge is 2.48. The van der Waals surface area contributed by atoms with Crippen molar-refractivity contribution in [2.45, 2.75) is 13.0 Å². The molecule has 1 fully saturated rings. The molecular formula is C30H22N2O4S. The third-order valence-electron chi connectivity index (χ3n) is 6.66. The highest BCUT2D eigenvalue weighted by Crippen LogP contribution is 2.45. The molecule has 1 aliphatic rings. The second-order valence-electron chi connectivity index (χ2n) is 8.94. The van der Waals surface area contributed by atoms with Crippen molar-refractivity contribution < 1.29 is 19.4 Å². The molecule has 2 heterocycles. The topological polar surface area (TPSA) is 79.7 Å². The monoisotopic (exact) mass is 506 g/mol. The predicted molar refractivity (Wildman–Crippen MR) is 146 cm³/mol. The molecule has 37 heavy (non-hydrogen) atoms. The van der Waals surface area contributed by atoms with Gasteiger partial charge in [-0.25, -0.2) is 4.98 Å². The van der Waals surface area contributed by atoms with Crippen LogP contribution in [0.2, 0.25) is 0 Å². The van der Waals surface area contributed by atoms with Crippen molar-refractivity contribution in [3.63, 3.8) is 0 Å². The van der Waals surface area contributed by atoms with Crippen LogP contribution >= 0.6 is 11.3 Å². The SMILES string of the molecule is COc1ccc(C2/C(=C(\O)c3cccc4ccccc34)C(=O)C(=O)N2c2nc3ccc(C)cc3s2)cc1. The Kier molecular flexibility index (Phi) is 5.50. The number of ketones is 1. The number of aliphatic hydroxyl groups is 1. The van der Waals surface area contributed by atoms with Crippen LogP contribution in [0.4, 0.5) is 5.13 Å². The summed E-state index contributed by atoms with van der Waals surface area (Å²) in [5.41, 5.74) is 3.01. The number of nitrogens with zero attached hydrogens (tertiary/aromatic N) is 2. The molecule has 7 heteroatoms. The van der Waals surface area contributed by atoms with E-state index in [0.29, 0.717) is 22.0 Å². The molecule has 0 spiro atoms. The van der Waals surface area contributed by atoms with Gasteiger partial charge in [0.15, 0.2) is 5.13 Å². The van der Waals surface area contributed by atoms with Crippen molar-refractivity contribution in [1.29, 1.82) is 0 Å². The summed E-state index contributed by atoms with van der Waals surface area (Å²) >= 11 is 1.35. The number of rotatable bonds is 4. The Balaban J connectivity index is 1.59. The number of anilines is 1. The number of Topliss-reactive ketones (excluding diaryl/α,β-unsaturated/α-hetero) is 1. The fourth-order valence-corrected chi connectivity index (χ4v) is 5.92. The smallest absolute Gasteiger partial charge is 0.301 e. The first-order valence-corrected chi connectivity index (χ1v) is 12.6. The lowest BCUT2D eigenvalue weighted by atomic mass is 9.93. The Morgan fingerprint density at radius 3 is 2.51 bits per heavy atom. The van der Waals surface area contributed by atoms with E-state index in [-0.39, 0.29) is 11.3 Å². The summed E-state index contributed by atoms with van der Waals surface area (Å²) in [6.45, 7) is 1.99. The Morgan fingerprint density at radius 1 is 0.973 bits per heavy atom. The molecule has 0 saturated carbocycles. The van der Waals surface area contributed by atoms with Gasteiger partial charge >= 0.3 is 5.91 Å². The largest absolute Gasteiger partial charge is 0.507 e. The zero-order valence-corrected chi connectivity index (χ0v) is 21.0. The number of thiazole rings is 1. The van der Waals surface area contributed by atoms with Crippen LogP contribution in [0.15, 0.2) is 90.5 Å². The van der Waals surface area contributed by atoms with E-state index in [2.05, 4.69) is 4.98 Å². The van der Waals surface area contributed by atoms with Gasteiger partial charge in [0.05, 0.1) is 28.9 Å². The van der Waals surface area contributed by atoms with Crippen LogP contribution in [0.3, 0.4) is 0 Å². The number of carbonyl (C=O) groups excluding carboxylic acids is 2. The summed E-state index contributed by atoms with van der Waals surface area (Å²) in [5.74, 6) is -1.04. The number of carbonyl (C=O) groups is 2. The molecule has 1 unspecified atom stereocenters. The van der Waals surface area contributed by atoms with Crippen molar-refractivity contribution >= 4 is 54.9 Å². The second kappa shape index (κ2) is 8.87. The van der Waals surface area contributed by atoms with Gasteiger partial charge in [0, 0.05) is 5.56 Å². The minimum absolute atomic E-state index is 0.0296. The maximum Gasteiger partial charge on any atom is 0.301 e. The van der Waals surface area contributed by atoms with Gasteiger partial charge in [-0.3, -0.25) is 14.5 Å². The molecule has 1 aromatic heterocycles. The summed E-state index contributed by atoms with van der Waals surface area (Å²) in [4.78, 5) is 33.2. The lowest BCUT2D eigenvalue weighted by Gasteiger charge is -2.23. The molecule has 0 radical (unpaired) electrons. The van der Waals surface area contributed by atoms with Crippen molar-refractivity contribution in [2.75, 3.05) is 12.0 Å². The van der Waals surface area contributed by atoms with Gasteiger partial charge in [-0.15, -0.1) is 0 Å². The van der Waals surface area contributed by atoms with E-state index >= 15 is 0 Å². The summed E-state index contributed by atoms with van der Waals surface area (Å²) in [7, 11) is 1.57. The quantitative estimate of drug-likeness (QED) is 0.174. The fraction of sp³-hybridized carbons (Fsp3) is 0.100. The zero-order valence-electron chi connectivity index (χ0n) is 20.1. The van der Waals surface area contributed by atoms with Crippen molar-refractivity contribution in [3.05, 3.63) is 107 Å². The first kappa shape index (κ1) is 22.9. The first-order valence-electron chi connectivity index (χ1n) is 11.8. The van der Waals surface area contributed by atoms with Crippen LogP contribution in [-0.2, 0) is 9.59 Å². The van der Waals surface area contributed by atoms with E-state index in [9.17, 15) is 14.7 Å². The number of hydrogen-bond acceptors (Lipinski definition) is 6. The molecule has 5 aromatic rings. The van der Waals surface area contributed by atoms with E-state index in [1.54, 1.807) is 37.4 Å². The number of ether oxygens (including phenoxy) is 1. The molecule has 182 valence electrons. The molecular weight excluding hydrogens is 484 g/mol. The van der Waals surface area contributed by atoms with Gasteiger partial charge in [-0.05, 0) is 53.1 Å². The van der Waals surface area contributed by atoms with Gasteiger partial charge in [0.25, 0.3) is 5.78 Å². The molecule has 1 aliphatic heterocycles. The van der Waals surface area contributed by atoms with Gasteiger partial charge in [-0.2, -0.15) is 0 Å². The molecule has 1 amide bonds. The third kappa shape index (κ3) is 3.75. The van der Waals surface area contributed by atoms with Crippen LogP contribution in [-0.4, -0.2) is 28.9 Å². The summed E-state index contributed by atoms with van der Waals surface area (Å²) in [6.07, 6.45) is 0. The Bertz CT molecular complexity index is 1730. The maximum absolute atomic E-state index is 13.6. The van der Waals surface area contributed by atoms with E-state index in [4.69, 9.17) is 4.74 Å². The third-order valence-corrected chi connectivity index (χ3v) is 7.68. The van der Waals surface area contributed by atoms with Gasteiger partial charge in [-0.1, -0.05) is 72.0 Å². The molecule has 6 nitrogen and oxygen atoms in total. The van der Waals surface area contributed by atoms with Crippen LogP contribution < -0.4 is 9.64 Å². The number of aryl methyl sites for hydroxylation is 1. The van der Waals surface area contributed by atoms with E-state index in [1.807, 2.05) is 61.5 Å². The fourth-order valence-electron chi connectivity index (χ4n) is 4.83. The first-order chi connectivity index (χ1) is 18.0. The van der Waals surface area contributed by atoms with E-state index in [0.717, 1.165) is 26.6 Å². The predicted octanol–water partition coefficient (Wildman–Crippen LogP) is 6.39. The zero-order chi connectivity index (χ0) is 25.7. The minimum atomic E-state index is -0.855. The van der Waals surface area contributed by atoms with Gasteiger partial charge in [0.2, 0.25) is 0 Å². The number of aliphatic hydroxyl groups excluding tert-OH is 1. The second-order valence-corrected chi connectivity index (χ2v) is 9.95. The van der Waals surface area contributed by atoms with Crippen molar-refractivity contribution in [2.24, 2.45) is 0 Å². The van der Waals surface area contributed by atoms with Crippen LogP contribution in [0, 0.1) is 6.92 Å². The highest BCUT2D eigenvalue weighted by molar-refractivity contribution is 7.22.